The minimum atomic E-state index is -3.45. The largest absolute Gasteiger partial charge is 0.493 e. The Morgan fingerprint density at radius 1 is 0.943 bits per heavy atom. The van der Waals surface area contributed by atoms with Crippen molar-refractivity contribution in [2.45, 2.75) is 6.61 Å². The van der Waals surface area contributed by atoms with Crippen LogP contribution < -0.4 is 19.3 Å². The van der Waals surface area contributed by atoms with E-state index in [4.69, 9.17) is 19.4 Å². The van der Waals surface area contributed by atoms with Crippen molar-refractivity contribution in [3.05, 3.63) is 48.0 Å². The van der Waals surface area contributed by atoms with Crippen molar-refractivity contribution < 1.29 is 17.9 Å². The van der Waals surface area contributed by atoms with E-state index in [1.807, 2.05) is 61.5 Å². The van der Waals surface area contributed by atoms with E-state index in [-0.39, 0.29) is 0 Å². The zero-order chi connectivity index (χ0) is 25.2. The maximum atomic E-state index is 12.5. The fourth-order valence-corrected chi connectivity index (χ4v) is 5.01. The Bertz CT molecular complexity index is 1280. The van der Waals surface area contributed by atoms with Gasteiger partial charge in [-0.25, -0.2) is 4.98 Å². The van der Waals surface area contributed by atoms with Gasteiger partial charge in [0.05, 0.1) is 12.6 Å². The van der Waals surface area contributed by atoms with Crippen molar-refractivity contribution in [1.82, 2.24) is 18.6 Å². The summed E-state index contributed by atoms with van der Waals surface area (Å²) in [7, 11) is 5.03. The fourth-order valence-electron chi connectivity index (χ4n) is 3.92. The van der Waals surface area contributed by atoms with Gasteiger partial charge in [-0.3, -0.25) is 0 Å². The molecule has 2 heterocycles. The minimum absolute atomic E-state index is 0.374. The first-order chi connectivity index (χ1) is 16.7. The highest BCUT2D eigenvalue weighted by Gasteiger charge is 2.30. The maximum absolute atomic E-state index is 12.5. The van der Waals surface area contributed by atoms with E-state index in [2.05, 4.69) is 4.90 Å². The van der Waals surface area contributed by atoms with Crippen LogP contribution in [0.25, 0.3) is 10.9 Å². The van der Waals surface area contributed by atoms with Gasteiger partial charge < -0.3 is 19.3 Å². The Morgan fingerprint density at radius 3 is 2.23 bits per heavy atom. The number of hydrogen-bond acceptors (Lipinski definition) is 8. The summed E-state index contributed by atoms with van der Waals surface area (Å²) in [4.78, 5) is 13.5. The molecular weight excluding hydrogens is 468 g/mol. The van der Waals surface area contributed by atoms with Gasteiger partial charge in [0.2, 0.25) is 5.95 Å². The topological polar surface area (TPSA) is 91.3 Å². The Kier molecular flexibility index (Phi) is 7.29. The van der Waals surface area contributed by atoms with Crippen molar-refractivity contribution in [3.63, 3.8) is 0 Å². The Hall–Kier alpha value is -3.15. The van der Waals surface area contributed by atoms with Gasteiger partial charge in [-0.1, -0.05) is 30.3 Å². The first-order valence-corrected chi connectivity index (χ1v) is 12.8. The highest BCUT2D eigenvalue weighted by Crippen LogP contribution is 2.37. The SMILES string of the molecule is COc1cc2c(N3CCN(S(=O)(=O)N(C)C)CC3)nc(N(C)C)nc2cc1OCc1ccccc1. The molecule has 1 saturated heterocycles. The molecule has 0 N–H and O–H groups in total. The van der Waals surface area contributed by atoms with Gasteiger partial charge in [0.1, 0.15) is 12.4 Å². The van der Waals surface area contributed by atoms with Crippen LogP contribution in [-0.4, -0.2) is 88.5 Å². The predicted octanol–water partition coefficient (Wildman–Crippen LogP) is 2.21. The summed E-state index contributed by atoms with van der Waals surface area (Å²) in [6, 6.07) is 13.7. The number of ether oxygens (including phenoxy) is 2. The molecule has 1 aliphatic heterocycles. The maximum Gasteiger partial charge on any atom is 0.281 e. The van der Waals surface area contributed by atoms with E-state index < -0.39 is 10.2 Å². The van der Waals surface area contributed by atoms with E-state index in [0.717, 1.165) is 22.3 Å². The first-order valence-electron chi connectivity index (χ1n) is 11.4. The molecule has 11 heteroatoms. The Morgan fingerprint density at radius 2 is 1.63 bits per heavy atom. The van der Waals surface area contributed by atoms with Gasteiger partial charge in [-0.2, -0.15) is 22.0 Å². The third-order valence-electron chi connectivity index (χ3n) is 5.91. The Labute approximate surface area is 206 Å². The molecule has 4 rings (SSSR count). The van der Waals surface area contributed by atoms with Crippen LogP contribution in [0.15, 0.2) is 42.5 Å². The molecule has 2 aromatic carbocycles. The molecule has 3 aromatic rings. The van der Waals surface area contributed by atoms with Crippen molar-refractivity contribution in [3.8, 4) is 11.5 Å². The molecule has 0 atom stereocenters. The smallest absolute Gasteiger partial charge is 0.281 e. The first kappa shape index (κ1) is 25.0. The van der Waals surface area contributed by atoms with E-state index in [1.54, 1.807) is 21.2 Å². The van der Waals surface area contributed by atoms with Gasteiger partial charge in [-0.15, -0.1) is 0 Å². The lowest BCUT2D eigenvalue weighted by atomic mass is 10.2. The zero-order valence-corrected chi connectivity index (χ0v) is 21.6. The summed E-state index contributed by atoms with van der Waals surface area (Å²) < 4.78 is 39.6. The van der Waals surface area contributed by atoms with Crippen LogP contribution in [0.5, 0.6) is 11.5 Å². The molecule has 0 amide bonds. The second-order valence-electron chi connectivity index (χ2n) is 8.71. The molecule has 0 saturated carbocycles. The summed E-state index contributed by atoms with van der Waals surface area (Å²) in [5.74, 6) is 2.49. The summed E-state index contributed by atoms with van der Waals surface area (Å²) in [5.41, 5.74) is 1.78. The monoisotopic (exact) mass is 500 g/mol. The molecule has 0 unspecified atom stereocenters. The molecular formula is C24H32N6O4S. The molecule has 35 heavy (non-hydrogen) atoms. The quantitative estimate of drug-likeness (QED) is 0.465. The number of benzene rings is 2. The molecule has 1 aliphatic rings. The molecule has 188 valence electrons. The molecule has 10 nitrogen and oxygen atoms in total. The number of nitrogens with zero attached hydrogens (tertiary/aromatic N) is 6. The summed E-state index contributed by atoms with van der Waals surface area (Å²) in [6.45, 7) is 2.18. The molecule has 1 aromatic heterocycles. The van der Waals surface area contributed by atoms with E-state index in [1.165, 1.54) is 8.61 Å². The van der Waals surface area contributed by atoms with Crippen molar-refractivity contribution in [2.24, 2.45) is 0 Å². The average molecular weight is 501 g/mol. The number of anilines is 2. The van der Waals surface area contributed by atoms with Gasteiger partial charge in [0.25, 0.3) is 10.2 Å². The standard InChI is InChI=1S/C24H32N6O4S/c1-27(2)24-25-20-16-22(34-17-18-9-7-6-8-10-18)21(33-5)15-19(20)23(26-24)29-11-13-30(14-12-29)35(31,32)28(3)4/h6-10,15-16H,11-14,17H2,1-5H3. The van der Waals surface area contributed by atoms with Crippen molar-refractivity contribution in [1.29, 1.82) is 0 Å². The van der Waals surface area contributed by atoms with Gasteiger partial charge in [0.15, 0.2) is 11.5 Å². The number of methoxy groups -OCH3 is 1. The van der Waals surface area contributed by atoms with Crippen LogP contribution in [-0.2, 0) is 16.8 Å². The molecule has 0 bridgehead atoms. The number of rotatable bonds is 8. The fraction of sp³-hybridized carbons (Fsp3) is 0.417. The molecule has 0 spiro atoms. The zero-order valence-electron chi connectivity index (χ0n) is 20.8. The van der Waals surface area contributed by atoms with Crippen LogP contribution in [0.3, 0.4) is 0 Å². The number of fused-ring (bicyclic) bond motifs is 1. The van der Waals surface area contributed by atoms with E-state index in [0.29, 0.717) is 50.2 Å². The average Bonchev–Trinajstić information content (AvgIpc) is 2.86. The number of piperazine rings is 1. The summed E-state index contributed by atoms with van der Waals surface area (Å²) in [6.07, 6.45) is 0. The van der Waals surface area contributed by atoms with Gasteiger partial charge >= 0.3 is 0 Å². The summed E-state index contributed by atoms with van der Waals surface area (Å²) >= 11 is 0. The van der Waals surface area contributed by atoms with Crippen LogP contribution >= 0.6 is 0 Å². The van der Waals surface area contributed by atoms with Gasteiger partial charge in [0, 0.05) is 65.8 Å². The third kappa shape index (κ3) is 5.26. The highest BCUT2D eigenvalue weighted by atomic mass is 32.2. The van der Waals surface area contributed by atoms with Crippen LogP contribution in [0.1, 0.15) is 5.56 Å². The molecule has 0 radical (unpaired) electrons. The highest BCUT2D eigenvalue weighted by molar-refractivity contribution is 7.86. The predicted molar refractivity (Wildman–Crippen MR) is 138 cm³/mol. The second-order valence-corrected chi connectivity index (χ2v) is 10.9. The van der Waals surface area contributed by atoms with Crippen molar-refractivity contribution in [2.75, 3.05) is 71.3 Å². The lowest BCUT2D eigenvalue weighted by molar-refractivity contribution is 0.285. The van der Waals surface area contributed by atoms with Crippen LogP contribution in [0.2, 0.25) is 0 Å². The Balaban J connectivity index is 1.68. The van der Waals surface area contributed by atoms with E-state index in [9.17, 15) is 8.42 Å². The van der Waals surface area contributed by atoms with Crippen LogP contribution in [0.4, 0.5) is 11.8 Å². The van der Waals surface area contributed by atoms with Crippen LogP contribution in [0, 0.1) is 0 Å². The lowest BCUT2D eigenvalue weighted by Gasteiger charge is -2.36. The molecule has 1 fully saturated rings. The number of aromatic nitrogens is 2. The second kappa shape index (κ2) is 10.2. The minimum Gasteiger partial charge on any atom is -0.493 e. The lowest BCUT2D eigenvalue weighted by Crippen LogP contribution is -2.52. The normalized spacial score (nSPS) is 15.0. The van der Waals surface area contributed by atoms with E-state index >= 15 is 0 Å². The third-order valence-corrected chi connectivity index (χ3v) is 7.85. The summed E-state index contributed by atoms with van der Waals surface area (Å²) in [5, 5.41) is 0.823. The van der Waals surface area contributed by atoms with Crippen molar-refractivity contribution >= 4 is 32.9 Å². The number of hydrogen-bond donors (Lipinski definition) is 0. The van der Waals surface area contributed by atoms with Gasteiger partial charge in [-0.05, 0) is 11.6 Å². The molecule has 0 aliphatic carbocycles.